The number of aromatic amines is 1. The molecule has 0 bridgehead atoms. The van der Waals surface area contributed by atoms with Gasteiger partial charge in [0.05, 0.1) is 5.92 Å². The first kappa shape index (κ1) is 15.1. The number of aromatic nitrogens is 3. The molecule has 9 heteroatoms. The molecule has 0 spiro atoms. The van der Waals surface area contributed by atoms with Gasteiger partial charge in [-0.25, -0.2) is 0 Å². The number of hydrogen-bond acceptors (Lipinski definition) is 4. The van der Waals surface area contributed by atoms with Crippen molar-refractivity contribution in [2.45, 2.75) is 31.4 Å². The van der Waals surface area contributed by atoms with Gasteiger partial charge in [0.15, 0.2) is 0 Å². The van der Waals surface area contributed by atoms with E-state index in [1.165, 1.54) is 12.1 Å². The Labute approximate surface area is 127 Å². The highest BCUT2D eigenvalue weighted by molar-refractivity contribution is 6.29. The molecule has 0 radical (unpaired) electrons. The molecule has 5 nitrogen and oxygen atoms in total. The zero-order valence-electron chi connectivity index (χ0n) is 11.2. The Bertz CT molecular complexity index is 741. The zero-order chi connectivity index (χ0) is 15.9. The number of H-pyrrole nitrogens is 1. The monoisotopic (exact) mass is 333 g/mol. The maximum absolute atomic E-state index is 12.7. The lowest BCUT2D eigenvalue weighted by molar-refractivity contribution is -0.172. The van der Waals surface area contributed by atoms with Crippen molar-refractivity contribution in [3.63, 3.8) is 0 Å². The number of pyridine rings is 1. The summed E-state index contributed by atoms with van der Waals surface area (Å²) in [5.74, 6) is -1.44. The number of alkyl halides is 3. The summed E-state index contributed by atoms with van der Waals surface area (Å²) < 4.78 is 43.1. The molecule has 1 N–H and O–H groups in total. The lowest BCUT2D eigenvalue weighted by Crippen LogP contribution is -2.19. The third-order valence-electron chi connectivity index (χ3n) is 3.76. The van der Waals surface area contributed by atoms with Gasteiger partial charge in [0.1, 0.15) is 5.15 Å². The molecular formula is C13H11ClF3N3O2. The smallest absolute Gasteiger partial charge is 0.339 e. The fraction of sp³-hybridized carbons (Fsp3) is 0.462. The van der Waals surface area contributed by atoms with E-state index in [-0.39, 0.29) is 29.7 Å². The molecule has 2 aromatic heterocycles. The topological polar surface area (TPSA) is 71.8 Å². The van der Waals surface area contributed by atoms with Crippen molar-refractivity contribution >= 4 is 11.6 Å². The summed E-state index contributed by atoms with van der Waals surface area (Å²) >= 11 is 5.74. The van der Waals surface area contributed by atoms with E-state index < -0.39 is 23.6 Å². The lowest BCUT2D eigenvalue weighted by Gasteiger charge is -2.13. The van der Waals surface area contributed by atoms with Crippen molar-refractivity contribution < 1.29 is 17.7 Å². The average Bonchev–Trinajstić information content (AvgIpc) is 3.06. The van der Waals surface area contributed by atoms with Gasteiger partial charge < -0.3 is 9.51 Å². The predicted molar refractivity (Wildman–Crippen MR) is 71.5 cm³/mol. The average molecular weight is 334 g/mol. The molecular weight excluding hydrogens is 323 g/mol. The second-order valence-electron chi connectivity index (χ2n) is 5.29. The second kappa shape index (κ2) is 5.42. The molecule has 1 aliphatic rings. The normalized spacial score (nSPS) is 22.2. The number of nitrogens with one attached hydrogen (secondary N) is 1. The maximum atomic E-state index is 12.7. The first-order chi connectivity index (χ1) is 10.3. The van der Waals surface area contributed by atoms with E-state index in [2.05, 4.69) is 15.1 Å². The molecule has 2 atom stereocenters. The summed E-state index contributed by atoms with van der Waals surface area (Å²) in [7, 11) is 0. The van der Waals surface area contributed by atoms with E-state index >= 15 is 0 Å². The van der Waals surface area contributed by atoms with Crippen molar-refractivity contribution in [2.24, 2.45) is 5.92 Å². The van der Waals surface area contributed by atoms with Crippen LogP contribution in [-0.2, 0) is 0 Å². The van der Waals surface area contributed by atoms with Crippen LogP contribution in [0.1, 0.15) is 31.1 Å². The number of hydrogen-bond donors (Lipinski definition) is 1. The molecule has 1 aliphatic carbocycles. The van der Waals surface area contributed by atoms with Gasteiger partial charge in [-0.15, -0.1) is 0 Å². The van der Waals surface area contributed by atoms with E-state index in [0.29, 0.717) is 12.0 Å². The second-order valence-corrected chi connectivity index (χ2v) is 5.69. The summed E-state index contributed by atoms with van der Waals surface area (Å²) in [6.45, 7) is 0. The summed E-state index contributed by atoms with van der Waals surface area (Å²) in [6, 6.07) is 2.69. The van der Waals surface area contributed by atoms with Crippen molar-refractivity contribution in [1.29, 1.82) is 0 Å². The Morgan fingerprint density at radius 3 is 2.73 bits per heavy atom. The highest BCUT2D eigenvalue weighted by Crippen LogP contribution is 2.45. The van der Waals surface area contributed by atoms with Crippen LogP contribution < -0.4 is 5.56 Å². The summed E-state index contributed by atoms with van der Waals surface area (Å²) in [4.78, 5) is 17.8. The highest BCUT2D eigenvalue weighted by Gasteiger charge is 2.45. The van der Waals surface area contributed by atoms with Crippen LogP contribution in [-0.4, -0.2) is 21.3 Å². The minimum atomic E-state index is -4.20. The van der Waals surface area contributed by atoms with E-state index in [1.54, 1.807) is 0 Å². The van der Waals surface area contributed by atoms with Gasteiger partial charge in [-0.1, -0.05) is 16.8 Å². The van der Waals surface area contributed by atoms with Crippen LogP contribution in [0.4, 0.5) is 13.2 Å². The maximum Gasteiger partial charge on any atom is 0.391 e. The van der Waals surface area contributed by atoms with E-state index in [4.69, 9.17) is 16.1 Å². The predicted octanol–water partition coefficient (Wildman–Crippen LogP) is 3.52. The standard InChI is InChI=1S/C13H11ClF3N3O2/c14-9-4-7(5-10(21)18-9)11-19-12(22-20-11)6-1-2-8(3-6)13(15,16)17/h4-6,8H,1-3H2,(H,18,21). The molecule has 0 aromatic carbocycles. The van der Waals surface area contributed by atoms with Crippen LogP contribution in [0.3, 0.4) is 0 Å². The van der Waals surface area contributed by atoms with Crippen LogP contribution in [0.15, 0.2) is 21.5 Å². The van der Waals surface area contributed by atoms with Gasteiger partial charge in [0, 0.05) is 17.5 Å². The first-order valence-electron chi connectivity index (χ1n) is 6.63. The van der Waals surface area contributed by atoms with Gasteiger partial charge in [-0.3, -0.25) is 4.79 Å². The van der Waals surface area contributed by atoms with E-state index in [0.717, 1.165) is 0 Å². The van der Waals surface area contributed by atoms with Crippen molar-refractivity contribution in [2.75, 3.05) is 0 Å². The van der Waals surface area contributed by atoms with Crippen LogP contribution in [0.25, 0.3) is 11.4 Å². The molecule has 22 heavy (non-hydrogen) atoms. The van der Waals surface area contributed by atoms with E-state index in [9.17, 15) is 18.0 Å². The molecule has 0 saturated heterocycles. The molecule has 0 amide bonds. The SMILES string of the molecule is O=c1cc(-c2noc(C3CCC(C(F)(F)F)C3)n2)cc(Cl)[nH]1. The van der Waals surface area contributed by atoms with Gasteiger partial charge in [-0.2, -0.15) is 18.2 Å². The van der Waals surface area contributed by atoms with Crippen LogP contribution >= 0.6 is 11.6 Å². The third kappa shape index (κ3) is 3.01. The van der Waals surface area contributed by atoms with E-state index in [1.807, 2.05) is 0 Å². The number of halogens is 4. The molecule has 2 unspecified atom stereocenters. The Balaban J connectivity index is 1.81. The summed E-state index contributed by atoms with van der Waals surface area (Å²) in [5.41, 5.74) is -0.0685. The van der Waals surface area contributed by atoms with Gasteiger partial charge in [0.25, 0.3) is 0 Å². The number of rotatable bonds is 2. The molecule has 3 rings (SSSR count). The van der Waals surface area contributed by atoms with Gasteiger partial charge >= 0.3 is 6.18 Å². The Hall–Kier alpha value is -1.83. The molecule has 1 fully saturated rings. The van der Waals surface area contributed by atoms with Crippen LogP contribution in [0, 0.1) is 5.92 Å². The zero-order valence-corrected chi connectivity index (χ0v) is 11.9. The number of nitrogens with zero attached hydrogens (tertiary/aromatic N) is 2. The fourth-order valence-corrected chi connectivity index (χ4v) is 2.87. The van der Waals surface area contributed by atoms with Crippen molar-refractivity contribution in [3.8, 4) is 11.4 Å². The Morgan fingerprint density at radius 1 is 1.32 bits per heavy atom. The third-order valence-corrected chi connectivity index (χ3v) is 3.96. The molecule has 2 aromatic rings. The lowest BCUT2D eigenvalue weighted by atomic mass is 10.0. The minimum Gasteiger partial charge on any atom is -0.339 e. The van der Waals surface area contributed by atoms with Gasteiger partial charge in [-0.05, 0) is 25.3 Å². The van der Waals surface area contributed by atoms with Gasteiger partial charge in [0.2, 0.25) is 17.3 Å². The van der Waals surface area contributed by atoms with Crippen LogP contribution in [0.2, 0.25) is 5.15 Å². The van der Waals surface area contributed by atoms with Crippen molar-refractivity contribution in [3.05, 3.63) is 33.5 Å². The molecule has 1 saturated carbocycles. The summed E-state index contributed by atoms with van der Waals surface area (Å²) in [6.07, 6.45) is -3.84. The first-order valence-corrected chi connectivity index (χ1v) is 7.01. The fourth-order valence-electron chi connectivity index (χ4n) is 2.66. The minimum absolute atomic E-state index is 0.0543. The van der Waals surface area contributed by atoms with Crippen molar-refractivity contribution in [1.82, 2.24) is 15.1 Å². The Morgan fingerprint density at radius 2 is 2.09 bits per heavy atom. The highest BCUT2D eigenvalue weighted by atomic mass is 35.5. The van der Waals surface area contributed by atoms with Crippen LogP contribution in [0.5, 0.6) is 0 Å². The molecule has 118 valence electrons. The largest absolute Gasteiger partial charge is 0.391 e. The Kier molecular flexibility index (Phi) is 3.72. The summed E-state index contributed by atoms with van der Waals surface area (Å²) in [5, 5.41) is 3.84. The quantitative estimate of drug-likeness (QED) is 0.853. The molecule has 2 heterocycles. The molecule has 0 aliphatic heterocycles.